The molecule has 0 saturated carbocycles. The lowest BCUT2D eigenvalue weighted by Crippen LogP contribution is -2.43. The van der Waals surface area contributed by atoms with Crippen LogP contribution in [-0.4, -0.2) is 62.4 Å². The Hall–Kier alpha value is -2.68. The molecule has 4 heterocycles. The number of imidazole rings is 1. The maximum atomic E-state index is 13.4. The normalized spacial score (nSPS) is 15.9. The van der Waals surface area contributed by atoms with E-state index in [-0.39, 0.29) is 5.82 Å². The number of fused-ring (bicyclic) bond motifs is 1. The molecule has 29 heavy (non-hydrogen) atoms. The van der Waals surface area contributed by atoms with Crippen LogP contribution in [0, 0.1) is 5.82 Å². The van der Waals surface area contributed by atoms with Crippen molar-refractivity contribution in [2.45, 2.75) is 6.54 Å². The maximum absolute atomic E-state index is 13.4. The molecule has 1 saturated heterocycles. The van der Waals surface area contributed by atoms with E-state index in [0.717, 1.165) is 60.3 Å². The maximum Gasteiger partial charge on any atom is 0.195 e. The second kappa shape index (κ2) is 7.62. The molecule has 1 aromatic carbocycles. The topological polar surface area (TPSA) is 49.6 Å². The SMILES string of the molecule is CN1CCN(Cc2cn3c(-c4ccncn4)c(-c4ccc(F)cc4)nc3s2)CC1. The van der Waals surface area contributed by atoms with Gasteiger partial charge in [0.2, 0.25) is 0 Å². The van der Waals surface area contributed by atoms with Crippen LogP contribution in [0.4, 0.5) is 4.39 Å². The minimum absolute atomic E-state index is 0.257. The summed E-state index contributed by atoms with van der Waals surface area (Å²) in [5.41, 5.74) is 3.39. The Labute approximate surface area is 172 Å². The van der Waals surface area contributed by atoms with Gasteiger partial charge in [-0.15, -0.1) is 0 Å². The molecule has 1 aliphatic heterocycles. The quantitative estimate of drug-likeness (QED) is 0.518. The van der Waals surface area contributed by atoms with Crippen molar-refractivity contribution in [2.24, 2.45) is 0 Å². The number of hydrogen-bond donors (Lipinski definition) is 0. The fourth-order valence-electron chi connectivity index (χ4n) is 3.68. The zero-order chi connectivity index (χ0) is 19.8. The third-order valence-corrected chi connectivity index (χ3v) is 6.26. The van der Waals surface area contributed by atoms with Crippen LogP contribution in [0.2, 0.25) is 0 Å². The molecule has 0 bridgehead atoms. The molecule has 0 atom stereocenters. The first-order valence-electron chi connectivity index (χ1n) is 9.61. The summed E-state index contributed by atoms with van der Waals surface area (Å²) in [5.74, 6) is -0.257. The zero-order valence-corrected chi connectivity index (χ0v) is 16.9. The summed E-state index contributed by atoms with van der Waals surface area (Å²) in [6.07, 6.45) is 5.43. The van der Waals surface area contributed by atoms with Gasteiger partial charge in [-0.1, -0.05) is 11.3 Å². The van der Waals surface area contributed by atoms with E-state index in [9.17, 15) is 4.39 Å². The van der Waals surface area contributed by atoms with E-state index < -0.39 is 0 Å². The lowest BCUT2D eigenvalue weighted by molar-refractivity contribution is 0.149. The highest BCUT2D eigenvalue weighted by Gasteiger charge is 2.21. The molecule has 1 aliphatic rings. The third kappa shape index (κ3) is 3.66. The van der Waals surface area contributed by atoms with E-state index in [1.54, 1.807) is 36.0 Å². The van der Waals surface area contributed by atoms with Crippen LogP contribution in [0.25, 0.3) is 27.6 Å². The summed E-state index contributed by atoms with van der Waals surface area (Å²) in [5, 5.41) is 0. The van der Waals surface area contributed by atoms with E-state index >= 15 is 0 Å². The van der Waals surface area contributed by atoms with E-state index in [2.05, 4.69) is 37.4 Å². The number of halogens is 1. The zero-order valence-electron chi connectivity index (χ0n) is 16.1. The Morgan fingerprint density at radius 2 is 1.86 bits per heavy atom. The average Bonchev–Trinajstić information content (AvgIpc) is 3.28. The van der Waals surface area contributed by atoms with Crippen molar-refractivity contribution >= 4 is 16.3 Å². The highest BCUT2D eigenvalue weighted by atomic mass is 32.1. The third-order valence-electron chi connectivity index (χ3n) is 5.29. The van der Waals surface area contributed by atoms with Gasteiger partial charge in [0, 0.05) is 55.6 Å². The van der Waals surface area contributed by atoms with Crippen LogP contribution in [0.5, 0.6) is 0 Å². The fraction of sp³-hybridized carbons (Fsp3) is 0.286. The van der Waals surface area contributed by atoms with Crippen LogP contribution in [-0.2, 0) is 6.54 Å². The Morgan fingerprint density at radius 3 is 2.59 bits per heavy atom. The molecule has 0 N–H and O–H groups in total. The van der Waals surface area contributed by atoms with Crippen LogP contribution in [0.3, 0.4) is 0 Å². The van der Waals surface area contributed by atoms with Crippen LogP contribution >= 0.6 is 11.3 Å². The summed E-state index contributed by atoms with van der Waals surface area (Å²) in [4.78, 5) is 20.4. The predicted molar refractivity (Wildman–Crippen MR) is 112 cm³/mol. The molecule has 1 fully saturated rings. The molecule has 0 aliphatic carbocycles. The van der Waals surface area contributed by atoms with Crippen molar-refractivity contribution in [3.05, 3.63) is 59.7 Å². The largest absolute Gasteiger partial charge is 0.304 e. The van der Waals surface area contributed by atoms with Crippen molar-refractivity contribution in [2.75, 3.05) is 33.2 Å². The van der Waals surface area contributed by atoms with Gasteiger partial charge in [-0.05, 0) is 37.4 Å². The number of rotatable bonds is 4. The number of benzene rings is 1. The smallest absolute Gasteiger partial charge is 0.195 e. The van der Waals surface area contributed by atoms with Gasteiger partial charge in [-0.25, -0.2) is 19.3 Å². The highest BCUT2D eigenvalue weighted by molar-refractivity contribution is 7.17. The van der Waals surface area contributed by atoms with Gasteiger partial charge in [0.05, 0.1) is 11.4 Å². The van der Waals surface area contributed by atoms with Gasteiger partial charge >= 0.3 is 0 Å². The van der Waals surface area contributed by atoms with Crippen molar-refractivity contribution < 1.29 is 4.39 Å². The molecular weight excluding hydrogens is 387 g/mol. The first kappa shape index (κ1) is 18.4. The summed E-state index contributed by atoms with van der Waals surface area (Å²) < 4.78 is 15.5. The molecule has 148 valence electrons. The van der Waals surface area contributed by atoms with Crippen molar-refractivity contribution in [3.8, 4) is 22.6 Å². The van der Waals surface area contributed by atoms with Gasteiger partial charge in [0.25, 0.3) is 0 Å². The minimum Gasteiger partial charge on any atom is -0.304 e. The van der Waals surface area contributed by atoms with Gasteiger partial charge < -0.3 is 4.90 Å². The van der Waals surface area contributed by atoms with E-state index in [4.69, 9.17) is 4.98 Å². The number of piperazine rings is 1. The molecule has 6 nitrogen and oxygen atoms in total. The van der Waals surface area contributed by atoms with Gasteiger partial charge in [-0.3, -0.25) is 9.30 Å². The minimum atomic E-state index is -0.257. The second-order valence-corrected chi connectivity index (χ2v) is 8.43. The summed E-state index contributed by atoms with van der Waals surface area (Å²) in [7, 11) is 2.17. The molecule has 3 aromatic heterocycles. The summed E-state index contributed by atoms with van der Waals surface area (Å²) in [6.45, 7) is 5.29. The highest BCUT2D eigenvalue weighted by Crippen LogP contribution is 2.34. The number of likely N-dealkylation sites (N-methyl/N-ethyl adjacent to an activating group) is 1. The van der Waals surface area contributed by atoms with Crippen molar-refractivity contribution in [3.63, 3.8) is 0 Å². The Bertz CT molecular complexity index is 1110. The first-order chi connectivity index (χ1) is 14.2. The average molecular weight is 409 g/mol. The molecule has 8 heteroatoms. The molecule has 0 spiro atoms. The van der Waals surface area contributed by atoms with Crippen LogP contribution in [0.15, 0.2) is 49.1 Å². The van der Waals surface area contributed by atoms with Crippen molar-refractivity contribution in [1.82, 2.24) is 29.2 Å². The lowest BCUT2D eigenvalue weighted by atomic mass is 10.1. The number of aromatic nitrogens is 4. The monoisotopic (exact) mass is 408 g/mol. The van der Waals surface area contributed by atoms with Crippen LogP contribution < -0.4 is 0 Å². The lowest BCUT2D eigenvalue weighted by Gasteiger charge is -2.31. The van der Waals surface area contributed by atoms with E-state index in [1.165, 1.54) is 17.0 Å². The van der Waals surface area contributed by atoms with Gasteiger partial charge in [0.1, 0.15) is 17.8 Å². The van der Waals surface area contributed by atoms with Crippen molar-refractivity contribution in [1.29, 1.82) is 0 Å². The van der Waals surface area contributed by atoms with Gasteiger partial charge in [-0.2, -0.15) is 0 Å². The molecule has 4 aromatic rings. The molecular formula is C21H21FN6S. The van der Waals surface area contributed by atoms with E-state index in [1.807, 2.05) is 6.07 Å². The standard InChI is InChI=1S/C21H21FN6S/c1-26-8-10-27(11-9-26)12-17-13-28-20(18-6-7-23-14-24-18)19(25-21(28)29-17)15-2-4-16(22)5-3-15/h2-7,13-14H,8-12H2,1H3. The first-order valence-corrected chi connectivity index (χ1v) is 10.4. The number of nitrogens with zero attached hydrogens (tertiary/aromatic N) is 6. The molecule has 5 rings (SSSR count). The summed E-state index contributed by atoms with van der Waals surface area (Å²) >= 11 is 1.70. The van der Waals surface area contributed by atoms with E-state index in [0.29, 0.717) is 0 Å². The van der Waals surface area contributed by atoms with Crippen LogP contribution in [0.1, 0.15) is 4.88 Å². The summed E-state index contributed by atoms with van der Waals surface area (Å²) in [6, 6.07) is 8.33. The number of hydrogen-bond acceptors (Lipinski definition) is 6. The molecule has 0 amide bonds. The molecule has 0 unspecified atom stereocenters. The molecule has 0 radical (unpaired) electrons. The number of thiazole rings is 1. The predicted octanol–water partition coefficient (Wildman–Crippen LogP) is 3.41. The van der Waals surface area contributed by atoms with Gasteiger partial charge in [0.15, 0.2) is 4.96 Å². The second-order valence-electron chi connectivity index (χ2n) is 7.34. The Balaban J connectivity index is 1.55. The Morgan fingerprint density at radius 1 is 1.07 bits per heavy atom. The fourth-order valence-corrected chi connectivity index (χ4v) is 4.69. The Kier molecular flexibility index (Phi) is 4.83.